The van der Waals surface area contributed by atoms with Crippen molar-refractivity contribution in [3.8, 4) is 5.88 Å². The number of nitrogens with zero attached hydrogens (tertiary/aromatic N) is 4. The Kier molecular flexibility index (Phi) is 8.45. The lowest BCUT2D eigenvalue weighted by atomic mass is 9.99. The highest BCUT2D eigenvalue weighted by Crippen LogP contribution is 2.24. The molecule has 0 bridgehead atoms. The first-order chi connectivity index (χ1) is 14.5. The van der Waals surface area contributed by atoms with Crippen molar-refractivity contribution in [1.29, 1.82) is 0 Å². The molecule has 2 atom stereocenters. The van der Waals surface area contributed by atoms with Crippen molar-refractivity contribution < 1.29 is 22.7 Å². The molecule has 0 saturated heterocycles. The van der Waals surface area contributed by atoms with Gasteiger partial charge in [0.2, 0.25) is 33.7 Å². The molecule has 0 amide bonds. The summed E-state index contributed by atoms with van der Waals surface area (Å²) < 4.78 is 44.8. The fourth-order valence-corrected chi connectivity index (χ4v) is 3.43. The van der Waals surface area contributed by atoms with E-state index in [1.54, 1.807) is 19.1 Å². The van der Waals surface area contributed by atoms with Gasteiger partial charge in [-0.25, -0.2) is 8.42 Å². The zero-order valence-corrected chi connectivity index (χ0v) is 19.1. The maximum Gasteiger partial charge on any atom is 0.241 e. The number of halogens is 1. The third kappa shape index (κ3) is 7.87. The Balaban J connectivity index is 2.33. The van der Waals surface area contributed by atoms with Gasteiger partial charge < -0.3 is 15.2 Å². The number of aromatic nitrogens is 4. The molecule has 0 unspecified atom stereocenters. The van der Waals surface area contributed by atoms with Gasteiger partial charge in [0.05, 0.1) is 26.0 Å². The van der Waals surface area contributed by atoms with Gasteiger partial charge in [0, 0.05) is 18.1 Å². The molecule has 3 N–H and O–H groups in total. The number of pyridine rings is 1. The third-order valence-electron chi connectivity index (χ3n) is 4.35. The molecule has 0 aromatic carbocycles. The Morgan fingerprint density at radius 3 is 2.35 bits per heavy atom. The van der Waals surface area contributed by atoms with E-state index in [0.29, 0.717) is 17.9 Å². The molecule has 2 aromatic rings. The van der Waals surface area contributed by atoms with Crippen LogP contribution in [0.25, 0.3) is 0 Å². The molecule has 0 radical (unpaired) electrons. The highest BCUT2D eigenvalue weighted by atomic mass is 32.2. The van der Waals surface area contributed by atoms with Crippen LogP contribution in [-0.4, -0.2) is 59.5 Å². The second-order valence-corrected chi connectivity index (χ2v) is 9.51. The van der Waals surface area contributed by atoms with Crippen molar-refractivity contribution in [2.45, 2.75) is 45.6 Å². The predicted molar refractivity (Wildman–Crippen MR) is 115 cm³/mol. The maximum atomic E-state index is 14.3. The van der Waals surface area contributed by atoms with Crippen LogP contribution in [0, 0.1) is 11.9 Å². The van der Waals surface area contributed by atoms with Gasteiger partial charge in [-0.05, 0) is 24.3 Å². The first kappa shape index (κ1) is 24.7. The Morgan fingerprint density at radius 1 is 1.13 bits per heavy atom. The Bertz CT molecular complexity index is 989. The van der Waals surface area contributed by atoms with Crippen LogP contribution in [0.4, 0.5) is 16.3 Å². The van der Waals surface area contributed by atoms with Crippen molar-refractivity contribution in [2.75, 3.05) is 30.0 Å². The summed E-state index contributed by atoms with van der Waals surface area (Å²) in [5.74, 6) is -0.319. The Hall–Kier alpha value is -2.60. The highest BCUT2D eigenvalue weighted by molar-refractivity contribution is 7.91. The number of nitrogens with one attached hydrogen (secondary N) is 2. The zero-order chi connectivity index (χ0) is 23.2. The van der Waals surface area contributed by atoms with Crippen molar-refractivity contribution in [1.82, 2.24) is 19.9 Å². The monoisotopic (exact) mass is 456 g/mol. The second-order valence-electron chi connectivity index (χ2n) is 7.77. The molecule has 0 aliphatic carbocycles. The summed E-state index contributed by atoms with van der Waals surface area (Å²) in [6, 6.07) is 2.82. The van der Waals surface area contributed by atoms with Gasteiger partial charge in [-0.15, -0.1) is 0 Å². The van der Waals surface area contributed by atoms with Crippen molar-refractivity contribution in [3.63, 3.8) is 0 Å². The largest absolute Gasteiger partial charge is 0.481 e. The van der Waals surface area contributed by atoms with Crippen LogP contribution in [0.15, 0.2) is 12.1 Å². The summed E-state index contributed by atoms with van der Waals surface area (Å²) in [5, 5.41) is 12.6. The fraction of sp³-hybridized carbons (Fsp3) is 0.579. The number of anilines is 2. The van der Waals surface area contributed by atoms with Gasteiger partial charge in [0.1, 0.15) is 5.82 Å². The molecular weight excluding hydrogens is 427 g/mol. The molecule has 0 spiro atoms. The number of ether oxygens (including phenoxy) is 1. The minimum absolute atomic E-state index is 0.122. The number of aliphatic hydroxyl groups excluding tert-OH is 1. The van der Waals surface area contributed by atoms with Crippen molar-refractivity contribution >= 4 is 21.9 Å². The molecule has 10 nitrogen and oxygen atoms in total. The number of sulfonamides is 1. The molecule has 31 heavy (non-hydrogen) atoms. The van der Waals surface area contributed by atoms with E-state index >= 15 is 0 Å². The summed E-state index contributed by atoms with van der Waals surface area (Å²) in [6.45, 7) is 5.66. The van der Waals surface area contributed by atoms with Crippen LogP contribution in [0.3, 0.4) is 0 Å². The predicted octanol–water partition coefficient (Wildman–Crippen LogP) is 1.95. The van der Waals surface area contributed by atoms with Crippen LogP contribution >= 0.6 is 0 Å². The SMILES string of the molecule is COc1ccc([C@@H](C)Cc2nc(N[C@@H](CO)CC(C)C)nc(NS(C)(=O)=O)n2)c(F)n1. The first-order valence-corrected chi connectivity index (χ1v) is 11.7. The lowest BCUT2D eigenvalue weighted by Crippen LogP contribution is -2.27. The van der Waals surface area contributed by atoms with Crippen LogP contribution < -0.4 is 14.8 Å². The maximum absolute atomic E-state index is 14.3. The van der Waals surface area contributed by atoms with Gasteiger partial charge in [-0.3, -0.25) is 4.72 Å². The second kappa shape index (κ2) is 10.6. The fourth-order valence-electron chi connectivity index (χ4n) is 3.01. The molecular formula is C19H29FN6O4S. The third-order valence-corrected chi connectivity index (χ3v) is 4.90. The van der Waals surface area contributed by atoms with E-state index in [1.807, 2.05) is 13.8 Å². The molecule has 2 rings (SSSR count). The number of methoxy groups -OCH3 is 1. The van der Waals surface area contributed by atoms with Gasteiger partial charge in [0.15, 0.2) is 0 Å². The summed E-state index contributed by atoms with van der Waals surface area (Å²) in [6.07, 6.45) is 1.85. The van der Waals surface area contributed by atoms with Crippen LogP contribution in [-0.2, 0) is 16.4 Å². The molecule has 2 heterocycles. The molecule has 2 aromatic heterocycles. The highest BCUT2D eigenvalue weighted by Gasteiger charge is 2.19. The van der Waals surface area contributed by atoms with E-state index in [0.717, 1.165) is 6.26 Å². The first-order valence-electron chi connectivity index (χ1n) is 9.81. The molecule has 172 valence electrons. The zero-order valence-electron chi connectivity index (χ0n) is 18.3. The standard InChI is InChI=1S/C19H29FN6O4S/c1-11(2)8-13(10-27)21-18-22-15(23-19(25-18)26-31(5,28)29)9-12(3)14-6-7-16(30-4)24-17(14)20/h6-7,11-13,27H,8-10H2,1-5H3,(H2,21,22,23,25,26)/t12-,13+/m0/s1. The summed E-state index contributed by atoms with van der Waals surface area (Å²) in [7, 11) is -2.22. The van der Waals surface area contributed by atoms with Crippen LogP contribution in [0.2, 0.25) is 0 Å². The van der Waals surface area contributed by atoms with Crippen molar-refractivity contribution in [3.05, 3.63) is 29.5 Å². The number of rotatable bonds is 11. The van der Waals surface area contributed by atoms with E-state index in [2.05, 4.69) is 30.0 Å². The van der Waals surface area contributed by atoms with Gasteiger partial charge in [-0.2, -0.15) is 24.3 Å². The number of hydrogen-bond acceptors (Lipinski definition) is 9. The topological polar surface area (TPSA) is 139 Å². The van der Waals surface area contributed by atoms with Crippen molar-refractivity contribution in [2.24, 2.45) is 5.92 Å². The van der Waals surface area contributed by atoms with E-state index in [-0.39, 0.29) is 48.6 Å². The molecule has 0 saturated carbocycles. The van der Waals surface area contributed by atoms with Gasteiger partial charge in [0.25, 0.3) is 0 Å². The van der Waals surface area contributed by atoms with Crippen LogP contribution in [0.1, 0.15) is 44.5 Å². The van der Waals surface area contributed by atoms with E-state index in [4.69, 9.17) is 4.74 Å². The normalized spacial score (nSPS) is 13.7. The summed E-state index contributed by atoms with van der Waals surface area (Å²) in [5.41, 5.74) is 0.349. The average Bonchev–Trinajstić information content (AvgIpc) is 2.65. The van der Waals surface area contributed by atoms with E-state index in [9.17, 15) is 17.9 Å². The Labute approximate surface area is 181 Å². The molecule has 12 heteroatoms. The molecule has 0 aliphatic heterocycles. The number of hydrogen-bond donors (Lipinski definition) is 3. The minimum Gasteiger partial charge on any atom is -0.481 e. The van der Waals surface area contributed by atoms with Gasteiger partial charge in [-0.1, -0.05) is 20.8 Å². The smallest absolute Gasteiger partial charge is 0.241 e. The molecule has 0 fully saturated rings. The van der Waals surface area contributed by atoms with Crippen LogP contribution in [0.5, 0.6) is 5.88 Å². The van der Waals surface area contributed by atoms with E-state index in [1.165, 1.54) is 7.11 Å². The number of aliphatic hydroxyl groups is 1. The average molecular weight is 457 g/mol. The van der Waals surface area contributed by atoms with Gasteiger partial charge >= 0.3 is 0 Å². The van der Waals surface area contributed by atoms with E-state index < -0.39 is 16.0 Å². The Morgan fingerprint density at radius 2 is 1.81 bits per heavy atom. The lowest BCUT2D eigenvalue weighted by molar-refractivity contribution is 0.259. The summed E-state index contributed by atoms with van der Waals surface area (Å²) >= 11 is 0. The quantitative estimate of drug-likeness (QED) is 0.433. The molecule has 0 aliphatic rings. The lowest BCUT2D eigenvalue weighted by Gasteiger charge is -2.19. The minimum atomic E-state index is -3.62. The summed E-state index contributed by atoms with van der Waals surface area (Å²) in [4.78, 5) is 16.3.